The Morgan fingerprint density at radius 2 is 1.75 bits per heavy atom. The number of aromatic nitrogens is 2. The number of halogens is 1. The second-order valence-corrected chi connectivity index (χ2v) is 8.74. The van der Waals surface area contributed by atoms with Gasteiger partial charge in [-0.05, 0) is 49.2 Å². The van der Waals surface area contributed by atoms with E-state index < -0.39 is 0 Å². The van der Waals surface area contributed by atoms with Gasteiger partial charge in [0, 0.05) is 48.2 Å². The summed E-state index contributed by atoms with van der Waals surface area (Å²) in [4.78, 5) is 33.7. The summed E-state index contributed by atoms with van der Waals surface area (Å²) < 4.78 is 5.44. The van der Waals surface area contributed by atoms with Crippen LogP contribution in [0.25, 0.3) is 11.5 Å². The fourth-order valence-electron chi connectivity index (χ4n) is 4.46. The fourth-order valence-corrected chi connectivity index (χ4v) is 4.58. The first kappa shape index (κ1) is 20.7. The Morgan fingerprint density at radius 1 is 1.03 bits per heavy atom. The van der Waals surface area contributed by atoms with Crippen molar-refractivity contribution in [2.24, 2.45) is 5.92 Å². The molecule has 0 saturated carbocycles. The predicted molar refractivity (Wildman–Crippen MR) is 120 cm³/mol. The van der Waals surface area contributed by atoms with Crippen LogP contribution in [-0.4, -0.2) is 46.5 Å². The molecular formula is C24H23ClN4O3. The van der Waals surface area contributed by atoms with Crippen molar-refractivity contribution >= 4 is 29.1 Å². The van der Waals surface area contributed by atoms with E-state index in [1.165, 1.54) is 0 Å². The van der Waals surface area contributed by atoms with Crippen molar-refractivity contribution in [3.05, 3.63) is 65.4 Å². The van der Waals surface area contributed by atoms with Crippen LogP contribution in [0.2, 0.25) is 5.02 Å². The lowest BCUT2D eigenvalue weighted by molar-refractivity contribution is -0.136. The summed E-state index contributed by atoms with van der Waals surface area (Å²) in [5.41, 5.74) is 1.68. The molecule has 1 aromatic heterocycles. The second kappa shape index (κ2) is 8.74. The van der Waals surface area contributed by atoms with Crippen LogP contribution in [-0.2, 0) is 9.59 Å². The number of carbonyl (C=O) groups excluding carboxylic acids is 2. The predicted octanol–water partition coefficient (Wildman–Crippen LogP) is 4.15. The molecule has 8 heteroatoms. The minimum Gasteiger partial charge on any atom is -0.342 e. The highest BCUT2D eigenvalue weighted by atomic mass is 35.5. The SMILES string of the molecule is O=C([C@H]1CC(=O)N(c2ccccc2)C1)N1CCC(c2noc(-c3ccc(Cl)cc3)n2)CC1. The van der Waals surface area contributed by atoms with Crippen LogP contribution >= 0.6 is 11.6 Å². The topological polar surface area (TPSA) is 79.5 Å². The highest BCUT2D eigenvalue weighted by molar-refractivity contribution is 6.30. The minimum atomic E-state index is -0.291. The number of nitrogens with zero attached hydrogens (tertiary/aromatic N) is 4. The van der Waals surface area contributed by atoms with Crippen LogP contribution < -0.4 is 4.90 Å². The number of anilines is 1. The monoisotopic (exact) mass is 450 g/mol. The fraction of sp³-hybridized carbons (Fsp3) is 0.333. The van der Waals surface area contributed by atoms with Crippen molar-refractivity contribution in [1.29, 1.82) is 0 Å². The standard InChI is InChI=1S/C24H23ClN4O3/c25-19-8-6-17(7-9-19)23-26-22(27-32-23)16-10-12-28(13-11-16)24(31)18-14-21(30)29(15-18)20-4-2-1-3-5-20/h1-9,16,18H,10-15H2/t18-/m0/s1. The average molecular weight is 451 g/mol. The van der Waals surface area contributed by atoms with Gasteiger partial charge in [-0.3, -0.25) is 9.59 Å². The molecule has 2 aliphatic rings. The van der Waals surface area contributed by atoms with Gasteiger partial charge in [-0.25, -0.2) is 0 Å². The van der Waals surface area contributed by atoms with Gasteiger partial charge in [0.15, 0.2) is 5.82 Å². The highest BCUT2D eigenvalue weighted by Crippen LogP contribution is 2.31. The quantitative estimate of drug-likeness (QED) is 0.596. The molecule has 3 heterocycles. The van der Waals surface area contributed by atoms with Gasteiger partial charge >= 0.3 is 0 Å². The van der Waals surface area contributed by atoms with E-state index in [9.17, 15) is 9.59 Å². The van der Waals surface area contributed by atoms with Crippen molar-refractivity contribution in [1.82, 2.24) is 15.0 Å². The molecule has 7 nitrogen and oxygen atoms in total. The average Bonchev–Trinajstić information content (AvgIpc) is 3.47. The third-order valence-corrected chi connectivity index (χ3v) is 6.50. The van der Waals surface area contributed by atoms with Crippen molar-refractivity contribution in [2.75, 3.05) is 24.5 Å². The van der Waals surface area contributed by atoms with Crippen LogP contribution in [0.5, 0.6) is 0 Å². The Balaban J connectivity index is 1.19. The molecule has 2 aromatic carbocycles. The molecule has 2 aliphatic heterocycles. The molecule has 5 rings (SSSR count). The molecule has 0 bridgehead atoms. The van der Waals surface area contributed by atoms with Gasteiger partial charge in [0.25, 0.3) is 5.89 Å². The zero-order chi connectivity index (χ0) is 22.1. The number of hydrogen-bond donors (Lipinski definition) is 0. The highest BCUT2D eigenvalue weighted by Gasteiger charge is 2.38. The van der Waals surface area contributed by atoms with Crippen LogP contribution in [0.4, 0.5) is 5.69 Å². The summed E-state index contributed by atoms with van der Waals surface area (Å²) in [5, 5.41) is 4.82. The van der Waals surface area contributed by atoms with E-state index >= 15 is 0 Å². The zero-order valence-electron chi connectivity index (χ0n) is 17.5. The lowest BCUT2D eigenvalue weighted by atomic mass is 9.95. The molecule has 2 fully saturated rings. The molecule has 0 spiro atoms. The van der Waals surface area contributed by atoms with Crippen LogP contribution in [0.3, 0.4) is 0 Å². The maximum absolute atomic E-state index is 13.1. The summed E-state index contributed by atoms with van der Waals surface area (Å²) >= 11 is 5.94. The van der Waals surface area contributed by atoms with Crippen LogP contribution in [0.1, 0.15) is 31.0 Å². The number of hydrogen-bond acceptors (Lipinski definition) is 5. The summed E-state index contributed by atoms with van der Waals surface area (Å²) in [7, 11) is 0. The smallest absolute Gasteiger partial charge is 0.257 e. The Morgan fingerprint density at radius 3 is 2.47 bits per heavy atom. The van der Waals surface area contributed by atoms with Gasteiger partial charge in [0.1, 0.15) is 0 Å². The third-order valence-electron chi connectivity index (χ3n) is 6.25. The van der Waals surface area contributed by atoms with Crippen molar-refractivity contribution in [2.45, 2.75) is 25.2 Å². The molecule has 0 N–H and O–H groups in total. The van der Waals surface area contributed by atoms with Gasteiger partial charge in [0.2, 0.25) is 11.8 Å². The first-order chi connectivity index (χ1) is 15.6. The molecule has 3 aromatic rings. The Bertz CT molecular complexity index is 1110. The van der Waals surface area contributed by atoms with Gasteiger partial charge in [-0.1, -0.05) is 35.0 Å². The number of amides is 2. The lowest BCUT2D eigenvalue weighted by Crippen LogP contribution is -2.42. The van der Waals surface area contributed by atoms with Crippen LogP contribution in [0, 0.1) is 5.92 Å². The molecule has 164 valence electrons. The van der Waals surface area contributed by atoms with Crippen molar-refractivity contribution in [3.8, 4) is 11.5 Å². The third kappa shape index (κ3) is 4.12. The van der Waals surface area contributed by atoms with E-state index in [-0.39, 0.29) is 30.1 Å². The molecule has 0 aliphatic carbocycles. The van der Waals surface area contributed by atoms with Gasteiger partial charge in [-0.2, -0.15) is 4.98 Å². The molecular weight excluding hydrogens is 428 g/mol. The van der Waals surface area contributed by atoms with E-state index in [1.807, 2.05) is 47.4 Å². The summed E-state index contributed by atoms with van der Waals surface area (Å²) in [6.45, 7) is 1.70. The largest absolute Gasteiger partial charge is 0.342 e. The number of para-hydroxylation sites is 1. The number of benzene rings is 2. The summed E-state index contributed by atoms with van der Waals surface area (Å²) in [6, 6.07) is 16.8. The maximum Gasteiger partial charge on any atom is 0.257 e. The molecule has 32 heavy (non-hydrogen) atoms. The van der Waals surface area contributed by atoms with Gasteiger partial charge < -0.3 is 14.3 Å². The van der Waals surface area contributed by atoms with E-state index in [4.69, 9.17) is 16.1 Å². The van der Waals surface area contributed by atoms with E-state index in [0.29, 0.717) is 36.4 Å². The normalized spacial score (nSPS) is 19.5. The molecule has 2 amide bonds. The first-order valence-corrected chi connectivity index (χ1v) is 11.2. The Hall–Kier alpha value is -3.19. The maximum atomic E-state index is 13.1. The molecule has 0 unspecified atom stereocenters. The van der Waals surface area contributed by atoms with Gasteiger partial charge in [0.05, 0.1) is 5.92 Å². The Kier molecular flexibility index (Phi) is 5.66. The van der Waals surface area contributed by atoms with E-state index in [0.717, 1.165) is 24.1 Å². The van der Waals surface area contributed by atoms with E-state index in [2.05, 4.69) is 10.1 Å². The molecule has 2 saturated heterocycles. The van der Waals surface area contributed by atoms with Crippen LogP contribution in [0.15, 0.2) is 59.1 Å². The van der Waals surface area contributed by atoms with Crippen molar-refractivity contribution in [3.63, 3.8) is 0 Å². The summed E-state index contributed by atoms with van der Waals surface area (Å²) in [5.74, 6) is 1.07. The minimum absolute atomic E-state index is 0.00552. The summed E-state index contributed by atoms with van der Waals surface area (Å²) in [6.07, 6.45) is 1.81. The number of piperidine rings is 1. The number of likely N-dealkylation sites (tertiary alicyclic amines) is 1. The van der Waals surface area contributed by atoms with Gasteiger partial charge in [-0.15, -0.1) is 0 Å². The lowest BCUT2D eigenvalue weighted by Gasteiger charge is -2.32. The Labute approximate surface area is 191 Å². The number of rotatable bonds is 4. The number of carbonyl (C=O) groups is 2. The van der Waals surface area contributed by atoms with E-state index in [1.54, 1.807) is 17.0 Å². The first-order valence-electron chi connectivity index (χ1n) is 10.8. The molecule has 1 atom stereocenters. The molecule has 0 radical (unpaired) electrons. The zero-order valence-corrected chi connectivity index (χ0v) is 18.2. The second-order valence-electron chi connectivity index (χ2n) is 8.31. The van der Waals surface area contributed by atoms with Crippen molar-refractivity contribution < 1.29 is 14.1 Å².